The van der Waals surface area contributed by atoms with Gasteiger partial charge in [0.1, 0.15) is 5.75 Å². The smallest absolute Gasteiger partial charge is 0.387 e. The largest absolute Gasteiger partial charge is 0.435 e. The molecule has 0 unspecified atom stereocenters. The molecule has 0 spiro atoms. The first-order valence-corrected chi connectivity index (χ1v) is 9.70. The third-order valence-corrected chi connectivity index (χ3v) is 5.15. The number of carbonyl (C=O) groups is 1. The minimum Gasteiger partial charge on any atom is -0.435 e. The topological polar surface area (TPSA) is 41.9 Å². The average Bonchev–Trinajstić information content (AvgIpc) is 2.69. The summed E-state index contributed by atoms with van der Waals surface area (Å²) in [5.74, 6) is 0.783. The van der Waals surface area contributed by atoms with Crippen molar-refractivity contribution in [1.29, 1.82) is 0 Å². The molecule has 1 saturated heterocycles. The summed E-state index contributed by atoms with van der Waals surface area (Å²) in [6, 6.07) is 15.8. The Kier molecular flexibility index (Phi) is 6.81. The van der Waals surface area contributed by atoms with E-state index < -0.39 is 6.61 Å². The molecule has 0 bridgehead atoms. The van der Waals surface area contributed by atoms with Gasteiger partial charge in [-0.25, -0.2) is 0 Å². The molecule has 0 saturated carbocycles. The number of ether oxygens (including phenoxy) is 1. The Bertz CT molecular complexity index is 782. The summed E-state index contributed by atoms with van der Waals surface area (Å²) in [7, 11) is 0. The van der Waals surface area contributed by atoms with Crippen molar-refractivity contribution < 1.29 is 18.3 Å². The molecule has 3 rings (SSSR count). The monoisotopic (exact) mass is 390 g/mol. The zero-order chi connectivity index (χ0) is 19.1. The van der Waals surface area contributed by atoms with Gasteiger partial charge in [-0.1, -0.05) is 42.1 Å². The number of alkyl halides is 2. The lowest BCUT2D eigenvalue weighted by atomic mass is 10.1. The number of benzene rings is 2. The maximum Gasteiger partial charge on any atom is 0.387 e. The Balaban J connectivity index is 1.66. The van der Waals surface area contributed by atoms with Crippen LogP contribution in [0, 0.1) is 0 Å². The lowest BCUT2D eigenvalue weighted by molar-refractivity contribution is -0.0498. The summed E-state index contributed by atoms with van der Waals surface area (Å²) in [5, 5.41) is 0.718. The number of amides is 1. The van der Waals surface area contributed by atoms with Crippen LogP contribution in [0.15, 0.2) is 59.6 Å². The summed E-state index contributed by atoms with van der Waals surface area (Å²) >= 11 is 1.57. The minimum absolute atomic E-state index is 0.0336. The van der Waals surface area contributed by atoms with Crippen molar-refractivity contribution >= 4 is 22.8 Å². The van der Waals surface area contributed by atoms with Crippen molar-refractivity contribution in [2.45, 2.75) is 19.5 Å². The van der Waals surface area contributed by atoms with E-state index >= 15 is 0 Å². The summed E-state index contributed by atoms with van der Waals surface area (Å²) in [5.41, 5.74) is 1.63. The Morgan fingerprint density at radius 2 is 1.89 bits per heavy atom. The van der Waals surface area contributed by atoms with Crippen LogP contribution in [0.4, 0.5) is 8.78 Å². The van der Waals surface area contributed by atoms with Gasteiger partial charge in [0.15, 0.2) is 5.17 Å². The number of hydrogen-bond acceptors (Lipinski definition) is 4. The molecule has 27 heavy (non-hydrogen) atoms. The summed E-state index contributed by atoms with van der Waals surface area (Å²) in [6.07, 6.45) is 1.70. The highest BCUT2D eigenvalue weighted by Gasteiger charge is 2.24. The normalized spacial score (nSPS) is 16.0. The van der Waals surface area contributed by atoms with E-state index in [2.05, 4.69) is 21.9 Å². The molecule has 1 aliphatic heterocycles. The Morgan fingerprint density at radius 1 is 1.15 bits per heavy atom. The van der Waals surface area contributed by atoms with Crippen LogP contribution in [0.25, 0.3) is 0 Å². The first-order chi connectivity index (χ1) is 13.1. The number of halogens is 2. The van der Waals surface area contributed by atoms with Gasteiger partial charge in [0.25, 0.3) is 5.91 Å². The predicted molar refractivity (Wildman–Crippen MR) is 104 cm³/mol. The van der Waals surface area contributed by atoms with Crippen LogP contribution < -0.4 is 4.74 Å². The molecule has 4 nitrogen and oxygen atoms in total. The van der Waals surface area contributed by atoms with Crippen LogP contribution in [-0.2, 0) is 6.42 Å². The molecule has 2 aromatic rings. The predicted octanol–water partition coefficient (Wildman–Crippen LogP) is 4.47. The summed E-state index contributed by atoms with van der Waals surface area (Å²) in [6.45, 7) is -1.67. The molecule has 0 radical (unpaired) electrons. The van der Waals surface area contributed by atoms with Crippen molar-refractivity contribution in [3.63, 3.8) is 0 Å². The number of hydrogen-bond donors (Lipinski definition) is 0. The second-order valence-corrected chi connectivity index (χ2v) is 7.02. The molecule has 1 heterocycles. The van der Waals surface area contributed by atoms with Gasteiger partial charge >= 0.3 is 6.61 Å². The number of rotatable bonds is 6. The first-order valence-electron chi connectivity index (χ1n) is 8.71. The molecule has 0 N–H and O–H groups in total. The molecule has 2 aromatic carbocycles. The summed E-state index contributed by atoms with van der Waals surface area (Å²) in [4.78, 5) is 19.1. The zero-order valence-electron chi connectivity index (χ0n) is 14.7. The number of amidine groups is 1. The van der Waals surface area contributed by atoms with E-state index in [0.29, 0.717) is 18.7 Å². The quantitative estimate of drug-likeness (QED) is 0.731. The van der Waals surface area contributed by atoms with Gasteiger partial charge in [-0.3, -0.25) is 14.7 Å². The van der Waals surface area contributed by atoms with Crippen molar-refractivity contribution in [2.75, 3.05) is 18.8 Å². The molecule has 1 amide bonds. The van der Waals surface area contributed by atoms with Crippen molar-refractivity contribution in [3.8, 4) is 5.75 Å². The van der Waals surface area contributed by atoms with Crippen LogP contribution >= 0.6 is 11.8 Å². The fourth-order valence-corrected chi connectivity index (χ4v) is 3.71. The van der Waals surface area contributed by atoms with E-state index in [1.54, 1.807) is 16.7 Å². The van der Waals surface area contributed by atoms with Crippen molar-refractivity contribution in [2.24, 2.45) is 4.99 Å². The van der Waals surface area contributed by atoms with E-state index in [0.717, 1.165) is 23.8 Å². The number of nitrogens with zero attached hydrogens (tertiary/aromatic N) is 2. The molecule has 1 fully saturated rings. The highest BCUT2D eigenvalue weighted by molar-refractivity contribution is 8.13. The molecular formula is C20H20F2N2O2S. The fourth-order valence-electron chi connectivity index (χ4n) is 2.74. The van der Waals surface area contributed by atoms with Crippen molar-refractivity contribution in [3.05, 3.63) is 65.7 Å². The maximum absolute atomic E-state index is 12.8. The van der Waals surface area contributed by atoms with Gasteiger partial charge in [0.2, 0.25) is 0 Å². The van der Waals surface area contributed by atoms with Crippen molar-refractivity contribution in [1.82, 2.24) is 4.90 Å². The van der Waals surface area contributed by atoms with E-state index in [4.69, 9.17) is 0 Å². The molecule has 142 valence electrons. The van der Waals surface area contributed by atoms with E-state index in [1.165, 1.54) is 29.8 Å². The van der Waals surface area contributed by atoms with Gasteiger partial charge in [-0.2, -0.15) is 8.78 Å². The lowest BCUT2D eigenvalue weighted by Gasteiger charge is -2.28. The molecule has 1 aliphatic rings. The number of carbonyl (C=O) groups excluding carboxylic acids is 1. The van der Waals surface area contributed by atoms with Gasteiger partial charge in [-0.05, 0) is 42.7 Å². The van der Waals surface area contributed by atoms with Gasteiger partial charge in [0, 0.05) is 24.4 Å². The average molecular weight is 390 g/mol. The molecule has 0 aromatic heterocycles. The fraction of sp³-hybridized carbons (Fsp3) is 0.300. The van der Waals surface area contributed by atoms with E-state index in [9.17, 15) is 13.6 Å². The van der Waals surface area contributed by atoms with Crippen LogP contribution in [0.2, 0.25) is 0 Å². The zero-order valence-corrected chi connectivity index (χ0v) is 15.5. The third kappa shape index (κ3) is 5.53. The Labute approximate surface area is 161 Å². The summed E-state index contributed by atoms with van der Waals surface area (Å²) < 4.78 is 28.8. The van der Waals surface area contributed by atoms with Crippen LogP contribution in [0.5, 0.6) is 5.75 Å². The molecular weight excluding hydrogens is 370 g/mol. The lowest BCUT2D eigenvalue weighted by Crippen LogP contribution is -2.39. The van der Waals surface area contributed by atoms with E-state index in [1.807, 2.05) is 18.2 Å². The number of aliphatic imine (C=N–C) groups is 1. The standard InChI is InChI=1S/C20H20F2N2O2S/c21-19(22)26-17-9-7-16(8-10-17)18(25)24-13-4-14-27-20(24)23-12-11-15-5-2-1-3-6-15/h1-3,5-10,19H,4,11-14H2. The van der Waals surface area contributed by atoms with Crippen LogP contribution in [0.1, 0.15) is 22.3 Å². The second kappa shape index (κ2) is 9.50. The number of thioether (sulfide) groups is 1. The highest BCUT2D eigenvalue weighted by atomic mass is 32.2. The first kappa shape index (κ1) is 19.4. The Morgan fingerprint density at radius 3 is 2.59 bits per heavy atom. The second-order valence-electron chi connectivity index (χ2n) is 5.96. The molecule has 0 atom stereocenters. The third-order valence-electron chi connectivity index (χ3n) is 4.05. The van der Waals surface area contributed by atoms with Gasteiger partial charge in [-0.15, -0.1) is 0 Å². The van der Waals surface area contributed by atoms with Crippen LogP contribution in [-0.4, -0.2) is 41.4 Å². The minimum atomic E-state index is -2.88. The highest BCUT2D eigenvalue weighted by Crippen LogP contribution is 2.22. The van der Waals surface area contributed by atoms with Gasteiger partial charge < -0.3 is 4.74 Å². The molecule has 0 aliphatic carbocycles. The SMILES string of the molecule is O=C(c1ccc(OC(F)F)cc1)N1CCCSC1=NCCc1ccccc1. The van der Waals surface area contributed by atoms with Gasteiger partial charge in [0.05, 0.1) is 0 Å². The van der Waals surface area contributed by atoms with Crippen LogP contribution in [0.3, 0.4) is 0 Å². The van der Waals surface area contributed by atoms with E-state index in [-0.39, 0.29) is 11.7 Å². The maximum atomic E-state index is 12.8. The Hall–Kier alpha value is -2.41. The molecule has 7 heteroatoms.